The van der Waals surface area contributed by atoms with Crippen LogP contribution in [0, 0.1) is 0 Å². The predicted molar refractivity (Wildman–Crippen MR) is 51.8 cm³/mol. The average Bonchev–Trinajstić information content (AvgIpc) is 2.58. The van der Waals surface area contributed by atoms with Crippen molar-refractivity contribution >= 4 is 16.8 Å². The molecule has 3 nitrogen and oxygen atoms in total. The van der Waals surface area contributed by atoms with Crippen LogP contribution in [0.2, 0.25) is 0 Å². The van der Waals surface area contributed by atoms with Crippen LogP contribution in [0.15, 0.2) is 24.3 Å². The summed E-state index contributed by atoms with van der Waals surface area (Å²) in [6.45, 7) is 0. The number of benzene rings is 1. The van der Waals surface area contributed by atoms with Crippen molar-refractivity contribution in [1.29, 1.82) is 0 Å². The molecule has 0 aliphatic rings. The first-order chi connectivity index (χ1) is 7.39. The number of para-hydroxylation sites is 1. The lowest BCUT2D eigenvalue weighted by Crippen LogP contribution is -2.11. The van der Waals surface area contributed by atoms with E-state index in [-0.39, 0.29) is 11.2 Å². The monoisotopic (exact) mass is 228 g/mol. The first-order valence-corrected chi connectivity index (χ1v) is 4.38. The summed E-state index contributed by atoms with van der Waals surface area (Å²) in [5.41, 5.74) is 4.02. The minimum absolute atomic E-state index is 0.0355. The van der Waals surface area contributed by atoms with Crippen LogP contribution in [0.5, 0.6) is 0 Å². The van der Waals surface area contributed by atoms with Crippen molar-refractivity contribution in [2.24, 2.45) is 5.73 Å². The number of primary amides is 1. The highest BCUT2D eigenvalue weighted by molar-refractivity contribution is 5.97. The predicted octanol–water partition coefficient (Wildman–Crippen LogP) is 2.29. The molecule has 0 saturated heterocycles. The molecule has 3 N–H and O–H groups in total. The molecule has 0 unspecified atom stereocenters. The summed E-state index contributed by atoms with van der Waals surface area (Å²) < 4.78 is 37.8. The normalized spacial score (nSPS) is 11.9. The third-order valence-corrected chi connectivity index (χ3v) is 2.23. The first-order valence-electron chi connectivity index (χ1n) is 4.38. The molecule has 0 saturated carbocycles. The SMILES string of the molecule is NC(=O)c1cc2cccc(C(F)(F)F)c2[nH]1. The Morgan fingerprint density at radius 3 is 2.56 bits per heavy atom. The molecule has 84 valence electrons. The number of hydrogen-bond acceptors (Lipinski definition) is 1. The number of aromatic nitrogens is 1. The Labute approximate surface area is 88.1 Å². The quantitative estimate of drug-likeness (QED) is 0.772. The minimum atomic E-state index is -4.46. The van der Waals surface area contributed by atoms with Crippen LogP contribution in [-0.2, 0) is 6.18 Å². The van der Waals surface area contributed by atoms with Crippen LogP contribution in [0.1, 0.15) is 16.1 Å². The van der Waals surface area contributed by atoms with Gasteiger partial charge in [0.25, 0.3) is 5.91 Å². The largest absolute Gasteiger partial charge is 0.418 e. The molecule has 1 heterocycles. The summed E-state index contributed by atoms with van der Waals surface area (Å²) in [6.07, 6.45) is -4.46. The van der Waals surface area contributed by atoms with Gasteiger partial charge >= 0.3 is 6.18 Å². The molecule has 1 aromatic carbocycles. The van der Waals surface area contributed by atoms with Crippen molar-refractivity contribution in [3.05, 3.63) is 35.5 Å². The number of alkyl halides is 3. The van der Waals surface area contributed by atoms with E-state index in [1.54, 1.807) is 0 Å². The Hall–Kier alpha value is -1.98. The van der Waals surface area contributed by atoms with E-state index in [2.05, 4.69) is 4.98 Å². The molecule has 1 aromatic heterocycles. The van der Waals surface area contributed by atoms with Gasteiger partial charge in [-0.1, -0.05) is 12.1 Å². The lowest BCUT2D eigenvalue weighted by Gasteiger charge is -2.07. The van der Waals surface area contributed by atoms with Crippen LogP contribution in [0.3, 0.4) is 0 Å². The van der Waals surface area contributed by atoms with E-state index in [4.69, 9.17) is 5.73 Å². The number of amides is 1. The van der Waals surface area contributed by atoms with Gasteiger partial charge in [-0.25, -0.2) is 0 Å². The van der Waals surface area contributed by atoms with E-state index >= 15 is 0 Å². The Morgan fingerprint density at radius 1 is 1.31 bits per heavy atom. The van der Waals surface area contributed by atoms with E-state index in [1.807, 2.05) is 0 Å². The topological polar surface area (TPSA) is 58.9 Å². The highest BCUT2D eigenvalue weighted by atomic mass is 19.4. The standard InChI is InChI=1S/C10H7F3N2O/c11-10(12,13)6-3-1-2-5-4-7(9(14)16)15-8(5)6/h1-4,15H,(H2,14,16). The second-order valence-corrected chi connectivity index (χ2v) is 3.31. The molecule has 16 heavy (non-hydrogen) atoms. The highest BCUT2D eigenvalue weighted by Crippen LogP contribution is 2.34. The highest BCUT2D eigenvalue weighted by Gasteiger charge is 2.33. The van der Waals surface area contributed by atoms with E-state index < -0.39 is 17.6 Å². The second-order valence-electron chi connectivity index (χ2n) is 3.31. The van der Waals surface area contributed by atoms with E-state index in [1.165, 1.54) is 18.2 Å². The minimum Gasteiger partial charge on any atom is -0.364 e. The zero-order valence-electron chi connectivity index (χ0n) is 7.93. The summed E-state index contributed by atoms with van der Waals surface area (Å²) in [5, 5.41) is 0.309. The Kier molecular flexibility index (Phi) is 2.15. The molecule has 0 fully saturated rings. The number of rotatable bonds is 1. The van der Waals surface area contributed by atoms with Crippen LogP contribution in [0.25, 0.3) is 10.9 Å². The average molecular weight is 228 g/mol. The molecular weight excluding hydrogens is 221 g/mol. The lowest BCUT2D eigenvalue weighted by molar-refractivity contribution is -0.136. The Morgan fingerprint density at radius 2 is 2.00 bits per heavy atom. The van der Waals surface area contributed by atoms with Gasteiger partial charge in [0.1, 0.15) is 5.69 Å². The number of halogens is 3. The first kappa shape index (κ1) is 10.5. The smallest absolute Gasteiger partial charge is 0.364 e. The van der Waals surface area contributed by atoms with Gasteiger partial charge in [-0.15, -0.1) is 0 Å². The number of carbonyl (C=O) groups is 1. The van der Waals surface area contributed by atoms with Crippen LogP contribution in [0.4, 0.5) is 13.2 Å². The Bertz CT molecular complexity index is 557. The fourth-order valence-corrected chi connectivity index (χ4v) is 1.53. The summed E-state index contributed by atoms with van der Waals surface area (Å²) in [4.78, 5) is 13.2. The molecule has 6 heteroatoms. The zero-order valence-corrected chi connectivity index (χ0v) is 7.93. The number of hydrogen-bond donors (Lipinski definition) is 2. The fraction of sp³-hybridized carbons (Fsp3) is 0.100. The van der Waals surface area contributed by atoms with Crippen molar-refractivity contribution in [1.82, 2.24) is 4.98 Å². The molecule has 0 atom stereocenters. The van der Waals surface area contributed by atoms with Gasteiger partial charge in [0.05, 0.1) is 11.1 Å². The fourth-order valence-electron chi connectivity index (χ4n) is 1.53. The van der Waals surface area contributed by atoms with E-state index in [9.17, 15) is 18.0 Å². The zero-order chi connectivity index (χ0) is 11.9. The molecule has 1 amide bonds. The molecule has 0 radical (unpaired) electrons. The number of fused-ring (bicyclic) bond motifs is 1. The number of aromatic amines is 1. The summed E-state index contributed by atoms with van der Waals surface area (Å²) >= 11 is 0. The molecule has 0 aliphatic carbocycles. The van der Waals surface area contributed by atoms with Crippen molar-refractivity contribution in [2.45, 2.75) is 6.18 Å². The van der Waals surface area contributed by atoms with Crippen LogP contribution < -0.4 is 5.73 Å². The van der Waals surface area contributed by atoms with Crippen molar-refractivity contribution in [2.75, 3.05) is 0 Å². The lowest BCUT2D eigenvalue weighted by atomic mass is 10.1. The maximum atomic E-state index is 12.6. The summed E-state index contributed by atoms with van der Waals surface area (Å²) in [6, 6.07) is 5.01. The second kappa shape index (κ2) is 3.26. The van der Waals surface area contributed by atoms with Crippen molar-refractivity contribution in [3.8, 4) is 0 Å². The molecule has 2 aromatic rings. The molecule has 0 bridgehead atoms. The summed E-state index contributed by atoms with van der Waals surface area (Å²) in [7, 11) is 0. The Balaban J connectivity index is 2.73. The molecule has 2 rings (SSSR count). The molecule has 0 spiro atoms. The molecule has 0 aliphatic heterocycles. The van der Waals surface area contributed by atoms with Crippen LogP contribution >= 0.6 is 0 Å². The maximum Gasteiger partial charge on any atom is 0.418 e. The van der Waals surface area contributed by atoms with Gasteiger partial charge in [-0.05, 0) is 12.1 Å². The van der Waals surface area contributed by atoms with Gasteiger partial charge in [-0.3, -0.25) is 4.79 Å². The number of nitrogens with one attached hydrogen (secondary N) is 1. The van der Waals surface area contributed by atoms with Crippen molar-refractivity contribution < 1.29 is 18.0 Å². The van der Waals surface area contributed by atoms with Crippen molar-refractivity contribution in [3.63, 3.8) is 0 Å². The maximum absolute atomic E-state index is 12.6. The van der Waals surface area contributed by atoms with Gasteiger partial charge in [0.2, 0.25) is 0 Å². The van der Waals surface area contributed by atoms with Gasteiger partial charge in [-0.2, -0.15) is 13.2 Å². The number of nitrogens with two attached hydrogens (primary N) is 1. The number of carbonyl (C=O) groups excluding carboxylic acids is 1. The molecular formula is C10H7F3N2O. The van der Waals surface area contributed by atoms with E-state index in [0.29, 0.717) is 5.39 Å². The van der Waals surface area contributed by atoms with Crippen LogP contribution in [-0.4, -0.2) is 10.9 Å². The van der Waals surface area contributed by atoms with Gasteiger partial charge in [0, 0.05) is 5.39 Å². The van der Waals surface area contributed by atoms with Gasteiger partial charge < -0.3 is 10.7 Å². The third-order valence-electron chi connectivity index (χ3n) is 2.23. The number of H-pyrrole nitrogens is 1. The summed E-state index contributed by atoms with van der Waals surface area (Å²) in [5.74, 6) is -0.788. The third kappa shape index (κ3) is 1.62. The van der Waals surface area contributed by atoms with E-state index in [0.717, 1.165) is 6.07 Å². The van der Waals surface area contributed by atoms with Gasteiger partial charge in [0.15, 0.2) is 0 Å².